The number of aromatic nitrogens is 2. The quantitative estimate of drug-likeness (QED) is 0.171. The summed E-state index contributed by atoms with van der Waals surface area (Å²) < 4.78 is 0. The summed E-state index contributed by atoms with van der Waals surface area (Å²) >= 11 is 0. The van der Waals surface area contributed by atoms with Crippen LogP contribution in [0.25, 0.3) is 22.5 Å². The molecule has 0 atom stereocenters. The van der Waals surface area contributed by atoms with Gasteiger partial charge in [-0.3, -0.25) is 0 Å². The molecule has 5 rings (SSSR count). The summed E-state index contributed by atoms with van der Waals surface area (Å²) in [7, 11) is 0. The van der Waals surface area contributed by atoms with Gasteiger partial charge in [-0.15, -0.1) is 71.3 Å². The van der Waals surface area contributed by atoms with Gasteiger partial charge >= 0.3 is 0 Å². The van der Waals surface area contributed by atoms with Gasteiger partial charge in [-0.25, -0.2) is 0 Å². The molecular weight excluding hydrogens is 665 g/mol. The first-order valence-corrected chi connectivity index (χ1v) is 13.6. The van der Waals surface area contributed by atoms with Gasteiger partial charge in [-0.05, 0) is 52.8 Å². The molecule has 3 heteroatoms. The molecule has 1 radical (unpaired) electrons. The Morgan fingerprint density at radius 3 is 2.00 bits per heavy atom. The van der Waals surface area contributed by atoms with E-state index in [9.17, 15) is 0 Å². The van der Waals surface area contributed by atoms with E-state index < -0.39 is 0 Å². The Morgan fingerprint density at radius 1 is 0.650 bits per heavy atom. The first-order chi connectivity index (χ1) is 18.6. The predicted octanol–water partition coefficient (Wildman–Crippen LogP) is 9.32. The largest absolute Gasteiger partial charge is 0.305 e. The molecule has 2 nitrogen and oxygen atoms in total. The normalized spacial score (nSPS) is 11.2. The number of benzene rings is 3. The van der Waals surface area contributed by atoms with Gasteiger partial charge in [0.15, 0.2) is 0 Å². The van der Waals surface area contributed by atoms with Crippen LogP contribution < -0.4 is 0 Å². The maximum absolute atomic E-state index is 4.51. The molecule has 207 valence electrons. The zero-order chi connectivity index (χ0) is 27.9. The van der Waals surface area contributed by atoms with Crippen LogP contribution in [0.4, 0.5) is 0 Å². The van der Waals surface area contributed by atoms with E-state index in [2.05, 4.69) is 118 Å². The van der Waals surface area contributed by atoms with Crippen molar-refractivity contribution in [1.82, 2.24) is 9.97 Å². The molecule has 2 aromatic heterocycles. The standard InChI is InChI=1S/C20H18N.C17H20N.Ir/c1-20(2,17-10-4-3-5-11-17)18-12-8-9-16(15-18)19-13-6-7-14-21-19;1-13-12-18-16(14-8-6-5-7-9-14)10-15(13)11-17(2,3)4;/h3-8,10-15H,1-2H3;5-8,10,12H,11H2,1-4H3;/q2*-1;. The van der Waals surface area contributed by atoms with Crippen LogP contribution in [0.5, 0.6) is 0 Å². The molecule has 0 aliphatic carbocycles. The number of rotatable bonds is 5. The average Bonchev–Trinajstić information content (AvgIpc) is 2.95. The molecule has 0 spiro atoms. The van der Waals surface area contributed by atoms with E-state index in [1.807, 2.05) is 54.9 Å². The van der Waals surface area contributed by atoms with Gasteiger partial charge in [0.1, 0.15) is 0 Å². The molecule has 0 aliphatic heterocycles. The fourth-order valence-corrected chi connectivity index (χ4v) is 4.57. The van der Waals surface area contributed by atoms with E-state index >= 15 is 0 Å². The second kappa shape index (κ2) is 13.8. The fourth-order valence-electron chi connectivity index (χ4n) is 4.57. The van der Waals surface area contributed by atoms with Crippen molar-refractivity contribution in [2.75, 3.05) is 0 Å². The van der Waals surface area contributed by atoms with E-state index in [0.717, 1.165) is 28.9 Å². The molecule has 0 aliphatic rings. The van der Waals surface area contributed by atoms with Crippen molar-refractivity contribution in [3.63, 3.8) is 0 Å². The van der Waals surface area contributed by atoms with Crippen LogP contribution in [0, 0.1) is 24.5 Å². The molecule has 0 bridgehead atoms. The van der Waals surface area contributed by atoms with Crippen LogP contribution in [0.2, 0.25) is 0 Å². The topological polar surface area (TPSA) is 25.8 Å². The summed E-state index contributed by atoms with van der Waals surface area (Å²) in [6.45, 7) is 13.4. The van der Waals surface area contributed by atoms with Gasteiger partial charge in [-0.1, -0.05) is 88.7 Å². The molecule has 40 heavy (non-hydrogen) atoms. The van der Waals surface area contributed by atoms with E-state index in [0.29, 0.717) is 5.41 Å². The number of hydrogen-bond acceptors (Lipinski definition) is 2. The third kappa shape index (κ3) is 8.31. The second-order valence-corrected chi connectivity index (χ2v) is 11.7. The minimum Gasteiger partial charge on any atom is -0.305 e. The summed E-state index contributed by atoms with van der Waals surface area (Å²) in [6, 6.07) is 39.6. The Bertz CT molecular complexity index is 1470. The van der Waals surface area contributed by atoms with Gasteiger partial charge in [0.2, 0.25) is 0 Å². The number of aryl methyl sites for hydroxylation is 1. The Hall–Kier alpha value is -3.39. The zero-order valence-corrected chi connectivity index (χ0v) is 26.7. The molecule has 0 saturated carbocycles. The zero-order valence-electron chi connectivity index (χ0n) is 24.3. The molecular formula is C37H38IrN2-2. The first kappa shape index (κ1) is 31.1. The number of pyridine rings is 2. The van der Waals surface area contributed by atoms with Crippen LogP contribution in [0.15, 0.2) is 109 Å². The van der Waals surface area contributed by atoms with Gasteiger partial charge in [0.25, 0.3) is 0 Å². The maximum atomic E-state index is 4.51. The Morgan fingerprint density at radius 2 is 1.35 bits per heavy atom. The minimum absolute atomic E-state index is 0. The molecule has 0 saturated heterocycles. The van der Waals surface area contributed by atoms with Crippen LogP contribution >= 0.6 is 0 Å². The van der Waals surface area contributed by atoms with Crippen molar-refractivity contribution >= 4 is 0 Å². The van der Waals surface area contributed by atoms with Gasteiger partial charge in [0.05, 0.1) is 0 Å². The van der Waals surface area contributed by atoms with Gasteiger partial charge < -0.3 is 9.97 Å². The SMILES string of the molecule is CC(C)(c1ccccc1)c1cc[c-]c(-c2ccccn2)c1.Cc1cnc(-c2[c-]cccc2)cc1CC(C)(C)C.[Ir]. The number of hydrogen-bond donors (Lipinski definition) is 0. The van der Waals surface area contributed by atoms with Crippen molar-refractivity contribution in [3.8, 4) is 22.5 Å². The molecule has 3 aromatic carbocycles. The fraction of sp³-hybridized carbons (Fsp3) is 0.243. The third-order valence-electron chi connectivity index (χ3n) is 6.88. The monoisotopic (exact) mass is 703 g/mol. The summed E-state index contributed by atoms with van der Waals surface area (Å²) in [5.74, 6) is 0. The molecule has 0 amide bonds. The Labute approximate surface area is 254 Å². The number of nitrogens with zero attached hydrogens (tertiary/aromatic N) is 2. The van der Waals surface area contributed by atoms with Crippen LogP contribution in [-0.2, 0) is 31.9 Å². The Kier molecular flexibility index (Phi) is 10.7. The van der Waals surface area contributed by atoms with Gasteiger partial charge in [-0.2, -0.15) is 0 Å². The van der Waals surface area contributed by atoms with Gasteiger partial charge in [0, 0.05) is 32.5 Å². The van der Waals surface area contributed by atoms with Crippen LogP contribution in [0.1, 0.15) is 56.9 Å². The molecule has 5 aromatic rings. The summed E-state index contributed by atoms with van der Waals surface area (Å²) in [5.41, 5.74) is 9.56. The molecule has 0 unspecified atom stereocenters. The third-order valence-corrected chi connectivity index (χ3v) is 6.88. The second-order valence-electron chi connectivity index (χ2n) is 11.7. The van der Waals surface area contributed by atoms with Crippen molar-refractivity contribution in [1.29, 1.82) is 0 Å². The molecule has 2 heterocycles. The Balaban J connectivity index is 0.000000218. The maximum Gasteiger partial charge on any atom is 0.0192 e. The van der Waals surface area contributed by atoms with Crippen molar-refractivity contribution in [3.05, 3.63) is 144 Å². The average molecular weight is 703 g/mol. The molecule has 0 N–H and O–H groups in total. The minimum atomic E-state index is -0.0418. The summed E-state index contributed by atoms with van der Waals surface area (Å²) in [4.78, 5) is 8.92. The first-order valence-electron chi connectivity index (χ1n) is 13.6. The van der Waals surface area contributed by atoms with E-state index in [-0.39, 0.29) is 25.5 Å². The summed E-state index contributed by atoms with van der Waals surface area (Å²) in [6.07, 6.45) is 4.86. The molecule has 0 fully saturated rings. The smallest absolute Gasteiger partial charge is 0.0192 e. The van der Waals surface area contributed by atoms with E-state index in [4.69, 9.17) is 0 Å². The van der Waals surface area contributed by atoms with Crippen LogP contribution in [-0.4, -0.2) is 9.97 Å². The summed E-state index contributed by atoms with van der Waals surface area (Å²) in [5, 5.41) is 0. The van der Waals surface area contributed by atoms with E-state index in [1.54, 1.807) is 0 Å². The van der Waals surface area contributed by atoms with Crippen molar-refractivity contribution < 1.29 is 20.1 Å². The predicted molar refractivity (Wildman–Crippen MR) is 163 cm³/mol. The van der Waals surface area contributed by atoms with Crippen molar-refractivity contribution in [2.24, 2.45) is 5.41 Å². The van der Waals surface area contributed by atoms with E-state index in [1.165, 1.54) is 22.3 Å². The van der Waals surface area contributed by atoms with Crippen molar-refractivity contribution in [2.45, 2.75) is 53.4 Å². The van der Waals surface area contributed by atoms with Crippen LogP contribution in [0.3, 0.4) is 0 Å².